The van der Waals surface area contributed by atoms with Crippen molar-refractivity contribution < 1.29 is 18.7 Å². The maximum Gasteiger partial charge on any atom is 0.331 e. The van der Waals surface area contributed by atoms with E-state index in [-0.39, 0.29) is 17.9 Å². The summed E-state index contributed by atoms with van der Waals surface area (Å²) in [6.07, 6.45) is 1.56. The van der Waals surface area contributed by atoms with E-state index in [9.17, 15) is 9.18 Å². The van der Waals surface area contributed by atoms with Crippen molar-refractivity contribution >= 4 is 11.7 Å². The Hall–Kier alpha value is -1.62. The highest BCUT2D eigenvalue weighted by Gasteiger charge is 2.32. The molecule has 0 radical (unpaired) electrons. The third kappa shape index (κ3) is 2.98. The Morgan fingerprint density at radius 1 is 1.50 bits per heavy atom. The molecule has 2 atom stereocenters. The van der Waals surface area contributed by atoms with Gasteiger partial charge in [0, 0.05) is 12.3 Å². The Balaban J connectivity index is 2.09. The van der Waals surface area contributed by atoms with Crippen LogP contribution in [0.3, 0.4) is 0 Å². The number of hydrogen-bond donors (Lipinski definition) is 1. The van der Waals surface area contributed by atoms with E-state index in [0.29, 0.717) is 12.3 Å². The van der Waals surface area contributed by atoms with Crippen molar-refractivity contribution in [1.29, 1.82) is 0 Å². The molecule has 1 fully saturated rings. The Labute approximate surface area is 105 Å². The number of carbonyl (C=O) groups is 1. The number of methoxy groups -OCH3 is 1. The van der Waals surface area contributed by atoms with Crippen LogP contribution in [0.1, 0.15) is 12.8 Å². The van der Waals surface area contributed by atoms with Crippen molar-refractivity contribution in [2.45, 2.75) is 25.0 Å². The van der Waals surface area contributed by atoms with Crippen LogP contribution in [-0.2, 0) is 14.3 Å². The van der Waals surface area contributed by atoms with Crippen LogP contribution in [0, 0.1) is 5.82 Å². The number of esters is 1. The lowest BCUT2D eigenvalue weighted by Crippen LogP contribution is -2.41. The molecule has 4 nitrogen and oxygen atoms in total. The van der Waals surface area contributed by atoms with E-state index < -0.39 is 6.04 Å². The molecule has 18 heavy (non-hydrogen) atoms. The zero-order valence-electron chi connectivity index (χ0n) is 10.2. The van der Waals surface area contributed by atoms with Gasteiger partial charge in [-0.1, -0.05) is 0 Å². The second-order valence-electron chi connectivity index (χ2n) is 4.20. The largest absolute Gasteiger partial charge is 0.467 e. The van der Waals surface area contributed by atoms with Gasteiger partial charge in [0.15, 0.2) is 6.04 Å². The number of ether oxygens (including phenoxy) is 2. The van der Waals surface area contributed by atoms with Crippen molar-refractivity contribution in [2.24, 2.45) is 0 Å². The lowest BCUT2D eigenvalue weighted by molar-refractivity contribution is -0.144. The molecule has 5 heteroatoms. The average molecular weight is 253 g/mol. The number of halogens is 1. The minimum Gasteiger partial charge on any atom is -0.467 e. The van der Waals surface area contributed by atoms with Gasteiger partial charge < -0.3 is 14.8 Å². The van der Waals surface area contributed by atoms with Crippen molar-refractivity contribution in [3.05, 3.63) is 30.1 Å². The molecule has 98 valence electrons. The summed E-state index contributed by atoms with van der Waals surface area (Å²) in [4.78, 5) is 11.7. The highest BCUT2D eigenvalue weighted by molar-refractivity contribution is 5.80. The molecule has 0 bridgehead atoms. The number of carbonyl (C=O) groups excluding carboxylic acids is 1. The first kappa shape index (κ1) is 12.8. The summed E-state index contributed by atoms with van der Waals surface area (Å²) >= 11 is 0. The maximum absolute atomic E-state index is 12.8. The molecule has 0 aliphatic carbocycles. The minimum absolute atomic E-state index is 0.192. The number of rotatable bonds is 4. The molecule has 1 aliphatic heterocycles. The standard InChI is InChI=1S/C13H16FNO3/c1-17-13(16)12(11-3-2-8-18-11)15-10-6-4-9(14)5-7-10/h4-7,11-12,15H,2-3,8H2,1H3. The van der Waals surface area contributed by atoms with E-state index in [1.54, 1.807) is 12.1 Å². The van der Waals surface area contributed by atoms with Crippen LogP contribution in [0.15, 0.2) is 24.3 Å². The van der Waals surface area contributed by atoms with Gasteiger partial charge in [0.1, 0.15) is 5.82 Å². The second-order valence-corrected chi connectivity index (χ2v) is 4.20. The fourth-order valence-electron chi connectivity index (χ4n) is 2.02. The maximum atomic E-state index is 12.8. The number of hydrogen-bond acceptors (Lipinski definition) is 4. The van der Waals surface area contributed by atoms with E-state index in [1.807, 2.05) is 0 Å². The molecule has 0 aromatic heterocycles. The Morgan fingerprint density at radius 2 is 2.22 bits per heavy atom. The smallest absolute Gasteiger partial charge is 0.331 e. The van der Waals surface area contributed by atoms with Crippen LogP contribution in [0.2, 0.25) is 0 Å². The summed E-state index contributed by atoms with van der Waals surface area (Å²) in [5, 5.41) is 3.03. The average Bonchev–Trinajstić information content (AvgIpc) is 2.91. The second kappa shape index (κ2) is 5.82. The van der Waals surface area contributed by atoms with E-state index in [2.05, 4.69) is 5.32 Å². The van der Waals surface area contributed by atoms with Crippen LogP contribution < -0.4 is 5.32 Å². The number of anilines is 1. The normalized spacial score (nSPS) is 20.4. The summed E-state index contributed by atoms with van der Waals surface area (Å²) in [7, 11) is 1.34. The van der Waals surface area contributed by atoms with Gasteiger partial charge in [0.05, 0.1) is 13.2 Å². The highest BCUT2D eigenvalue weighted by atomic mass is 19.1. The first-order valence-corrected chi connectivity index (χ1v) is 5.92. The van der Waals surface area contributed by atoms with Crippen molar-refractivity contribution in [3.63, 3.8) is 0 Å². The van der Waals surface area contributed by atoms with E-state index >= 15 is 0 Å². The van der Waals surface area contributed by atoms with Gasteiger partial charge in [-0.05, 0) is 37.1 Å². The SMILES string of the molecule is COC(=O)C(Nc1ccc(F)cc1)C1CCCO1. The molecule has 2 rings (SSSR count). The quantitative estimate of drug-likeness (QED) is 0.833. The summed E-state index contributed by atoms with van der Waals surface area (Å²) < 4.78 is 23.1. The van der Waals surface area contributed by atoms with Crippen molar-refractivity contribution in [1.82, 2.24) is 0 Å². The first-order valence-electron chi connectivity index (χ1n) is 5.92. The lowest BCUT2D eigenvalue weighted by Gasteiger charge is -2.22. The van der Waals surface area contributed by atoms with Gasteiger partial charge in [0.25, 0.3) is 0 Å². The molecule has 1 N–H and O–H groups in total. The summed E-state index contributed by atoms with van der Waals surface area (Å²) in [5.74, 6) is -0.682. The Morgan fingerprint density at radius 3 is 2.78 bits per heavy atom. The van der Waals surface area contributed by atoms with E-state index in [1.165, 1.54) is 19.2 Å². The molecule has 1 saturated heterocycles. The van der Waals surface area contributed by atoms with Gasteiger partial charge in [-0.25, -0.2) is 9.18 Å². The van der Waals surface area contributed by atoms with Gasteiger partial charge >= 0.3 is 5.97 Å². The molecular weight excluding hydrogens is 237 g/mol. The lowest BCUT2D eigenvalue weighted by atomic mass is 10.1. The molecule has 0 spiro atoms. The van der Waals surface area contributed by atoms with Gasteiger partial charge in [-0.15, -0.1) is 0 Å². The summed E-state index contributed by atoms with van der Waals surface area (Å²) in [6, 6.07) is 5.29. The van der Waals surface area contributed by atoms with Crippen LogP contribution in [0.5, 0.6) is 0 Å². The van der Waals surface area contributed by atoms with Crippen LogP contribution in [-0.4, -0.2) is 31.8 Å². The molecule has 0 saturated carbocycles. The van der Waals surface area contributed by atoms with Crippen molar-refractivity contribution in [2.75, 3.05) is 19.0 Å². The summed E-state index contributed by atoms with van der Waals surface area (Å²) in [6.45, 7) is 0.656. The molecular formula is C13H16FNO3. The third-order valence-electron chi connectivity index (χ3n) is 2.96. The first-order chi connectivity index (χ1) is 8.70. The predicted molar refractivity (Wildman–Crippen MR) is 64.8 cm³/mol. The molecule has 1 aromatic carbocycles. The topological polar surface area (TPSA) is 47.6 Å². The van der Waals surface area contributed by atoms with Gasteiger partial charge in [-0.3, -0.25) is 0 Å². The zero-order chi connectivity index (χ0) is 13.0. The van der Waals surface area contributed by atoms with E-state index in [0.717, 1.165) is 12.8 Å². The molecule has 0 amide bonds. The monoisotopic (exact) mass is 253 g/mol. The van der Waals surface area contributed by atoms with Gasteiger partial charge in [-0.2, -0.15) is 0 Å². The molecule has 2 unspecified atom stereocenters. The number of benzene rings is 1. The predicted octanol–water partition coefficient (Wildman–Crippen LogP) is 1.96. The fourth-order valence-corrected chi connectivity index (χ4v) is 2.02. The van der Waals surface area contributed by atoms with Crippen LogP contribution in [0.4, 0.5) is 10.1 Å². The Kier molecular flexibility index (Phi) is 4.15. The van der Waals surface area contributed by atoms with Crippen molar-refractivity contribution in [3.8, 4) is 0 Å². The van der Waals surface area contributed by atoms with E-state index in [4.69, 9.17) is 9.47 Å². The van der Waals surface area contributed by atoms with Crippen LogP contribution >= 0.6 is 0 Å². The molecule has 1 heterocycles. The molecule has 1 aliphatic rings. The third-order valence-corrected chi connectivity index (χ3v) is 2.96. The van der Waals surface area contributed by atoms with Crippen LogP contribution in [0.25, 0.3) is 0 Å². The fraction of sp³-hybridized carbons (Fsp3) is 0.462. The number of nitrogens with one attached hydrogen (secondary N) is 1. The van der Waals surface area contributed by atoms with Gasteiger partial charge in [0.2, 0.25) is 0 Å². The molecule has 1 aromatic rings. The Bertz CT molecular complexity index is 401. The highest BCUT2D eigenvalue weighted by Crippen LogP contribution is 2.20. The minimum atomic E-state index is -0.553. The zero-order valence-corrected chi connectivity index (χ0v) is 10.2. The summed E-state index contributed by atoms with van der Waals surface area (Å²) in [5.41, 5.74) is 0.669.